The summed E-state index contributed by atoms with van der Waals surface area (Å²) >= 11 is 0. The highest BCUT2D eigenvalue weighted by Crippen LogP contribution is 2.19. The van der Waals surface area contributed by atoms with E-state index in [2.05, 4.69) is 26.8 Å². The lowest BCUT2D eigenvalue weighted by Crippen LogP contribution is -2.27. The lowest BCUT2D eigenvalue weighted by atomic mass is 9.99. The van der Waals surface area contributed by atoms with E-state index in [0.29, 0.717) is 11.5 Å². The maximum absolute atomic E-state index is 13.9. The van der Waals surface area contributed by atoms with E-state index in [-0.39, 0.29) is 18.1 Å². The van der Waals surface area contributed by atoms with Crippen LogP contribution in [0.15, 0.2) is 46.5 Å². The number of rotatable bonds is 9. The van der Waals surface area contributed by atoms with Gasteiger partial charge in [0.2, 0.25) is 0 Å². The lowest BCUT2D eigenvalue weighted by molar-refractivity contribution is 0.293. The zero-order chi connectivity index (χ0) is 19.1. The van der Waals surface area contributed by atoms with Crippen LogP contribution < -0.4 is 16.7 Å². The molecule has 1 heterocycles. The largest absolute Gasteiger partial charge is 0.383 e. The number of nitrogen functional groups attached to an aromatic ring is 1. The number of nitrogens with one attached hydrogen (secondary N) is 2. The van der Waals surface area contributed by atoms with Crippen LogP contribution >= 0.6 is 0 Å². The minimum Gasteiger partial charge on any atom is -0.383 e. The predicted octanol–water partition coefficient (Wildman–Crippen LogP) is 1.27. The van der Waals surface area contributed by atoms with Gasteiger partial charge in [0.1, 0.15) is 23.5 Å². The van der Waals surface area contributed by atoms with Crippen LogP contribution in [0.1, 0.15) is 12.1 Å². The van der Waals surface area contributed by atoms with Crippen LogP contribution in [-0.2, 0) is 6.54 Å². The second-order valence-electron chi connectivity index (χ2n) is 6.51. The molecule has 8 heteroatoms. The molecule has 2 unspecified atom stereocenters. The molecular weight excluding hydrogens is 335 g/mol. The first-order valence-corrected chi connectivity index (χ1v) is 8.57. The molecule has 0 radical (unpaired) electrons. The molecule has 0 spiro atoms. The highest BCUT2D eigenvalue weighted by atomic mass is 19.1. The first-order valence-electron chi connectivity index (χ1n) is 8.57. The Morgan fingerprint density at radius 3 is 2.92 bits per heavy atom. The summed E-state index contributed by atoms with van der Waals surface area (Å²) in [6, 6.07) is 0. The Morgan fingerprint density at radius 2 is 2.23 bits per heavy atom. The zero-order valence-electron chi connectivity index (χ0n) is 15.3. The van der Waals surface area contributed by atoms with Crippen molar-refractivity contribution in [3.05, 3.63) is 52.9 Å². The molecule has 4 N–H and O–H groups in total. The van der Waals surface area contributed by atoms with Crippen molar-refractivity contribution in [2.24, 2.45) is 10.9 Å². The highest BCUT2D eigenvalue weighted by Gasteiger charge is 2.21. The van der Waals surface area contributed by atoms with Gasteiger partial charge in [0.25, 0.3) is 0 Å². The minimum absolute atomic E-state index is 0.167. The van der Waals surface area contributed by atoms with Crippen molar-refractivity contribution < 1.29 is 4.39 Å². The van der Waals surface area contributed by atoms with Crippen molar-refractivity contribution in [1.82, 2.24) is 19.8 Å². The number of anilines is 1. The summed E-state index contributed by atoms with van der Waals surface area (Å²) in [6.45, 7) is 5.70. The van der Waals surface area contributed by atoms with Crippen molar-refractivity contribution >= 4 is 12.0 Å². The monoisotopic (exact) mass is 362 g/mol. The maximum atomic E-state index is 13.9. The Hall–Kier alpha value is -2.61. The Morgan fingerprint density at radius 1 is 1.50 bits per heavy atom. The van der Waals surface area contributed by atoms with Gasteiger partial charge in [-0.1, -0.05) is 30.9 Å². The molecule has 0 aromatic carbocycles. The molecule has 0 amide bonds. The van der Waals surface area contributed by atoms with Crippen molar-refractivity contribution in [2.75, 3.05) is 32.9 Å². The van der Waals surface area contributed by atoms with Crippen LogP contribution in [0, 0.1) is 5.92 Å². The number of nitrogens with zero attached hydrogens (tertiary/aromatic N) is 3. The number of aliphatic imine (C=N–C) groups is 1. The fourth-order valence-corrected chi connectivity index (χ4v) is 2.60. The molecule has 1 aliphatic carbocycles. The van der Waals surface area contributed by atoms with Crippen LogP contribution in [0.5, 0.6) is 0 Å². The van der Waals surface area contributed by atoms with E-state index in [1.165, 1.54) is 16.9 Å². The second-order valence-corrected chi connectivity index (χ2v) is 6.51. The minimum atomic E-state index is -1.13. The molecular formula is C18H27FN6O. The number of nitrogens with two attached hydrogens (primary N) is 1. The molecule has 7 nitrogen and oxygen atoms in total. The van der Waals surface area contributed by atoms with Gasteiger partial charge in [0, 0.05) is 19.0 Å². The van der Waals surface area contributed by atoms with Crippen LogP contribution in [0.2, 0.25) is 0 Å². The number of halogens is 1. The van der Waals surface area contributed by atoms with Crippen molar-refractivity contribution in [1.29, 1.82) is 0 Å². The van der Waals surface area contributed by atoms with E-state index in [9.17, 15) is 9.18 Å². The van der Waals surface area contributed by atoms with Crippen LogP contribution in [0.25, 0.3) is 0 Å². The van der Waals surface area contributed by atoms with Crippen LogP contribution in [-0.4, -0.2) is 54.0 Å². The van der Waals surface area contributed by atoms with Crippen molar-refractivity contribution in [2.45, 2.75) is 19.1 Å². The number of imidazole rings is 1. The number of H-pyrrole nitrogens is 1. The van der Waals surface area contributed by atoms with E-state index in [0.717, 1.165) is 19.5 Å². The first-order chi connectivity index (χ1) is 12.4. The lowest BCUT2D eigenvalue weighted by Gasteiger charge is -2.18. The quantitative estimate of drug-likeness (QED) is 0.456. The third-order valence-corrected chi connectivity index (χ3v) is 4.08. The number of hydrogen-bond acceptors (Lipinski definition) is 5. The predicted molar refractivity (Wildman–Crippen MR) is 104 cm³/mol. The Kier molecular flexibility index (Phi) is 6.97. The fraction of sp³-hybridized carbons (Fsp3) is 0.444. The summed E-state index contributed by atoms with van der Waals surface area (Å²) in [5, 5.41) is 3.10. The average Bonchev–Trinajstić information content (AvgIpc) is 2.86. The molecule has 26 heavy (non-hydrogen) atoms. The number of alkyl halides is 1. The topological polar surface area (TPSA) is 91.4 Å². The molecule has 1 aliphatic rings. The molecule has 0 saturated heterocycles. The van der Waals surface area contributed by atoms with Gasteiger partial charge in [0.15, 0.2) is 0 Å². The van der Waals surface area contributed by atoms with E-state index in [1.807, 2.05) is 14.1 Å². The van der Waals surface area contributed by atoms with Gasteiger partial charge in [-0.05, 0) is 27.1 Å². The number of hydrogen-bond donors (Lipinski definition) is 3. The Labute approximate surface area is 152 Å². The molecule has 0 saturated carbocycles. The average molecular weight is 362 g/mol. The molecule has 2 atom stereocenters. The van der Waals surface area contributed by atoms with Gasteiger partial charge in [-0.25, -0.2) is 14.2 Å². The third-order valence-electron chi connectivity index (χ3n) is 4.08. The van der Waals surface area contributed by atoms with Gasteiger partial charge >= 0.3 is 5.69 Å². The maximum Gasteiger partial charge on any atom is 0.327 e. The zero-order valence-corrected chi connectivity index (χ0v) is 15.3. The van der Waals surface area contributed by atoms with Crippen molar-refractivity contribution in [3.8, 4) is 0 Å². The SMILES string of the molecule is C=C(N=Cc1[nH]c(=O)n(CC2C=CC=CC2F)c1N)NCCCN(C)C. The summed E-state index contributed by atoms with van der Waals surface area (Å²) in [6.07, 6.45) is 7.90. The Bertz CT molecular complexity index is 758. The number of aromatic amines is 1. The van der Waals surface area contributed by atoms with E-state index >= 15 is 0 Å². The highest BCUT2D eigenvalue weighted by molar-refractivity contribution is 5.83. The molecule has 0 bridgehead atoms. The Balaban J connectivity index is 1.96. The third kappa shape index (κ3) is 5.45. The molecule has 142 valence electrons. The number of aromatic nitrogens is 2. The summed E-state index contributed by atoms with van der Waals surface area (Å²) in [7, 11) is 4.03. The second kappa shape index (κ2) is 9.19. The van der Waals surface area contributed by atoms with Gasteiger partial charge in [0.05, 0.1) is 6.21 Å². The molecule has 0 fully saturated rings. The standard InChI is InChI=1S/C18H27FN6O/c1-13(21-9-6-10-24(2)3)22-11-16-17(20)25(18(26)23-16)12-14-7-4-5-8-15(14)19/h4-5,7-8,11,14-15,21H,1,6,9-10,12,20H2,2-3H3,(H,23,26). The molecule has 1 aromatic heterocycles. The van der Waals surface area contributed by atoms with Gasteiger partial charge in [-0.3, -0.25) is 4.57 Å². The molecule has 1 aromatic rings. The van der Waals surface area contributed by atoms with Gasteiger partial charge in [-0.2, -0.15) is 0 Å². The van der Waals surface area contributed by atoms with Gasteiger partial charge in [-0.15, -0.1) is 0 Å². The summed E-state index contributed by atoms with van der Waals surface area (Å²) in [5.41, 5.74) is 6.03. The summed E-state index contributed by atoms with van der Waals surface area (Å²) in [5.74, 6) is 0.296. The van der Waals surface area contributed by atoms with E-state index in [4.69, 9.17) is 5.73 Å². The first kappa shape index (κ1) is 19.7. The normalized spacial score (nSPS) is 19.5. The smallest absolute Gasteiger partial charge is 0.327 e. The summed E-state index contributed by atoms with van der Waals surface area (Å²) in [4.78, 5) is 21.0. The molecule has 0 aliphatic heterocycles. The number of allylic oxidation sites excluding steroid dienone is 4. The summed E-state index contributed by atoms with van der Waals surface area (Å²) < 4.78 is 15.2. The van der Waals surface area contributed by atoms with Crippen molar-refractivity contribution in [3.63, 3.8) is 0 Å². The fourth-order valence-electron chi connectivity index (χ4n) is 2.60. The van der Waals surface area contributed by atoms with E-state index in [1.54, 1.807) is 18.2 Å². The van der Waals surface area contributed by atoms with Gasteiger partial charge < -0.3 is 20.9 Å². The molecule has 2 rings (SSSR count). The van der Waals surface area contributed by atoms with Crippen LogP contribution in [0.4, 0.5) is 10.2 Å². The van der Waals surface area contributed by atoms with E-state index < -0.39 is 12.1 Å². The van der Waals surface area contributed by atoms with Crippen LogP contribution in [0.3, 0.4) is 0 Å².